The maximum absolute atomic E-state index is 6.31. The summed E-state index contributed by atoms with van der Waals surface area (Å²) in [5, 5.41) is 2.02. The molecule has 3 aromatic rings. The Labute approximate surface area is 222 Å². The fourth-order valence-corrected chi connectivity index (χ4v) is 4.68. The molecule has 0 atom stereocenters. The monoisotopic (exact) mass is 498 g/mol. The second-order valence-electron chi connectivity index (χ2n) is 12.4. The Bertz CT molecular complexity index is 1130. The summed E-state index contributed by atoms with van der Waals surface area (Å²) in [6.07, 6.45) is 0. The topological polar surface area (TPSA) is 34.2 Å². The standard InChI is InChI=1S/C31H39BN2O3/c1-28(2)22-33(37-29(28,3)4)24-18-20-27(21-19-24)34(25-12-10-9-11-13-25)26-16-14-23(15-17-26)32-35-30(5,6)31(7,8)36-32/h9-21H,22H2,1-8H3. The van der Waals surface area contributed by atoms with Crippen LogP contribution >= 0.6 is 0 Å². The fraction of sp³-hybridized carbons (Fsp3) is 0.419. The summed E-state index contributed by atoms with van der Waals surface area (Å²) in [6.45, 7) is 18.0. The molecule has 6 heteroatoms. The van der Waals surface area contributed by atoms with Gasteiger partial charge in [0.05, 0.1) is 29.0 Å². The molecule has 0 saturated carbocycles. The third-order valence-electron chi connectivity index (χ3n) is 8.59. The molecule has 2 aliphatic heterocycles. The molecule has 0 spiro atoms. The van der Waals surface area contributed by atoms with Gasteiger partial charge in [0.25, 0.3) is 0 Å². The molecule has 5 nitrogen and oxygen atoms in total. The van der Waals surface area contributed by atoms with Crippen LogP contribution in [0.15, 0.2) is 78.9 Å². The SMILES string of the molecule is CC1(C)CN(c2ccc(N(c3ccccc3)c3ccc(B4OC(C)(C)C(C)(C)O4)cc3)cc2)OC1(C)C. The molecule has 0 N–H and O–H groups in total. The molecular formula is C31H39BN2O3. The highest BCUT2D eigenvalue weighted by Crippen LogP contribution is 2.44. The van der Waals surface area contributed by atoms with E-state index in [4.69, 9.17) is 14.1 Å². The number of hydrogen-bond acceptors (Lipinski definition) is 5. The summed E-state index contributed by atoms with van der Waals surface area (Å²) in [7, 11) is -0.377. The van der Waals surface area contributed by atoms with Crippen LogP contribution in [-0.2, 0) is 14.1 Å². The minimum absolute atomic E-state index is 0.0562. The molecule has 5 rings (SSSR count). The van der Waals surface area contributed by atoms with Crippen LogP contribution in [0.4, 0.5) is 22.7 Å². The van der Waals surface area contributed by atoms with Crippen LogP contribution in [0.3, 0.4) is 0 Å². The zero-order valence-electron chi connectivity index (χ0n) is 23.4. The van der Waals surface area contributed by atoms with Crippen molar-refractivity contribution in [1.82, 2.24) is 0 Å². The van der Waals surface area contributed by atoms with Gasteiger partial charge in [-0.15, -0.1) is 0 Å². The lowest BCUT2D eigenvalue weighted by Gasteiger charge is -2.32. The smallest absolute Gasteiger partial charge is 0.399 e. The van der Waals surface area contributed by atoms with E-state index in [0.717, 1.165) is 34.8 Å². The third kappa shape index (κ3) is 4.67. The van der Waals surface area contributed by atoms with Crippen molar-refractivity contribution in [1.29, 1.82) is 0 Å². The zero-order valence-corrected chi connectivity index (χ0v) is 23.4. The van der Waals surface area contributed by atoms with Gasteiger partial charge in [-0.25, -0.2) is 0 Å². The number of hydrogen-bond donors (Lipinski definition) is 0. The molecule has 0 aromatic heterocycles. The van der Waals surface area contributed by atoms with Crippen LogP contribution in [0, 0.1) is 5.41 Å². The Morgan fingerprint density at radius 3 is 1.59 bits per heavy atom. The van der Waals surface area contributed by atoms with Crippen molar-refractivity contribution < 1.29 is 14.1 Å². The van der Waals surface area contributed by atoms with Crippen molar-refractivity contribution in [3.8, 4) is 0 Å². The number of benzene rings is 3. The van der Waals surface area contributed by atoms with Crippen molar-refractivity contribution in [3.05, 3.63) is 78.9 Å². The van der Waals surface area contributed by atoms with E-state index in [2.05, 4.69) is 133 Å². The van der Waals surface area contributed by atoms with Gasteiger partial charge >= 0.3 is 7.12 Å². The van der Waals surface area contributed by atoms with E-state index < -0.39 is 0 Å². The van der Waals surface area contributed by atoms with E-state index in [0.29, 0.717) is 0 Å². The number of nitrogens with zero attached hydrogens (tertiary/aromatic N) is 2. The van der Waals surface area contributed by atoms with Gasteiger partial charge in [0.15, 0.2) is 0 Å². The first kappa shape index (κ1) is 25.8. The first-order chi connectivity index (χ1) is 17.3. The Morgan fingerprint density at radius 1 is 0.622 bits per heavy atom. The second kappa shape index (κ2) is 8.90. The molecule has 194 valence electrons. The van der Waals surface area contributed by atoms with E-state index in [9.17, 15) is 0 Å². The summed E-state index contributed by atoms with van der Waals surface area (Å²) in [6, 6.07) is 27.5. The van der Waals surface area contributed by atoms with Crippen LogP contribution in [0.2, 0.25) is 0 Å². The highest BCUT2D eigenvalue weighted by molar-refractivity contribution is 6.62. The Balaban J connectivity index is 1.43. The van der Waals surface area contributed by atoms with Gasteiger partial charge in [-0.05, 0) is 95.5 Å². The molecule has 0 radical (unpaired) electrons. The summed E-state index contributed by atoms with van der Waals surface area (Å²) < 4.78 is 12.5. The van der Waals surface area contributed by atoms with Crippen LogP contribution in [0.5, 0.6) is 0 Å². The zero-order chi connectivity index (χ0) is 26.6. The van der Waals surface area contributed by atoms with Crippen molar-refractivity contribution in [2.24, 2.45) is 5.41 Å². The van der Waals surface area contributed by atoms with Crippen LogP contribution in [0.25, 0.3) is 0 Å². The second-order valence-corrected chi connectivity index (χ2v) is 12.4. The average Bonchev–Trinajstić information content (AvgIpc) is 3.20. The van der Waals surface area contributed by atoms with Crippen molar-refractivity contribution in [3.63, 3.8) is 0 Å². The first-order valence-electron chi connectivity index (χ1n) is 13.2. The van der Waals surface area contributed by atoms with E-state index in [1.165, 1.54) is 0 Å². The van der Waals surface area contributed by atoms with Crippen molar-refractivity contribution in [2.45, 2.75) is 72.2 Å². The molecule has 2 saturated heterocycles. The number of rotatable bonds is 5. The van der Waals surface area contributed by atoms with Gasteiger partial charge in [0.2, 0.25) is 0 Å². The van der Waals surface area contributed by atoms with Crippen molar-refractivity contribution >= 4 is 35.3 Å². The molecule has 0 bridgehead atoms. The quantitative estimate of drug-likeness (QED) is 0.354. The lowest BCUT2D eigenvalue weighted by Crippen LogP contribution is -2.41. The van der Waals surface area contributed by atoms with Crippen LogP contribution in [0.1, 0.15) is 55.4 Å². The largest absolute Gasteiger partial charge is 0.494 e. The maximum atomic E-state index is 6.31. The van der Waals surface area contributed by atoms with E-state index >= 15 is 0 Å². The number of hydroxylamine groups is 1. The maximum Gasteiger partial charge on any atom is 0.494 e. The summed E-state index contributed by atoms with van der Waals surface area (Å²) in [4.78, 5) is 8.57. The molecule has 0 aliphatic carbocycles. The number of anilines is 4. The Hall–Kier alpha value is -2.80. The lowest BCUT2D eigenvalue weighted by atomic mass is 9.78. The summed E-state index contributed by atoms with van der Waals surface area (Å²) >= 11 is 0. The summed E-state index contributed by atoms with van der Waals surface area (Å²) in [5.74, 6) is 0. The molecular weight excluding hydrogens is 459 g/mol. The molecule has 0 unspecified atom stereocenters. The molecule has 0 amide bonds. The van der Waals surface area contributed by atoms with E-state index in [1.807, 2.05) is 11.1 Å². The first-order valence-corrected chi connectivity index (χ1v) is 13.2. The molecule has 37 heavy (non-hydrogen) atoms. The predicted molar refractivity (Wildman–Crippen MR) is 153 cm³/mol. The normalized spacial score (nSPS) is 21.3. The minimum atomic E-state index is -0.377. The van der Waals surface area contributed by atoms with Gasteiger partial charge in [-0.3, -0.25) is 9.90 Å². The van der Waals surface area contributed by atoms with E-state index in [-0.39, 0.29) is 29.3 Å². The van der Waals surface area contributed by atoms with Crippen LogP contribution in [-0.4, -0.2) is 30.5 Å². The van der Waals surface area contributed by atoms with E-state index in [1.54, 1.807) is 0 Å². The molecule has 2 aliphatic rings. The van der Waals surface area contributed by atoms with Gasteiger partial charge in [-0.2, -0.15) is 0 Å². The summed E-state index contributed by atoms with van der Waals surface area (Å²) in [5.41, 5.74) is 4.43. The highest BCUT2D eigenvalue weighted by atomic mass is 16.7. The fourth-order valence-electron chi connectivity index (χ4n) is 4.68. The third-order valence-corrected chi connectivity index (χ3v) is 8.59. The molecule has 2 heterocycles. The minimum Gasteiger partial charge on any atom is -0.399 e. The number of para-hydroxylation sites is 1. The molecule has 3 aromatic carbocycles. The van der Waals surface area contributed by atoms with Crippen LogP contribution < -0.4 is 15.4 Å². The Morgan fingerprint density at radius 2 is 1.11 bits per heavy atom. The molecule has 2 fully saturated rings. The van der Waals surface area contributed by atoms with Gasteiger partial charge in [0.1, 0.15) is 0 Å². The lowest BCUT2D eigenvalue weighted by molar-refractivity contribution is -0.0300. The van der Waals surface area contributed by atoms with Gasteiger partial charge < -0.3 is 14.2 Å². The highest BCUT2D eigenvalue weighted by Gasteiger charge is 2.51. The van der Waals surface area contributed by atoms with Gasteiger partial charge in [0, 0.05) is 22.5 Å². The van der Waals surface area contributed by atoms with Gasteiger partial charge in [-0.1, -0.05) is 44.2 Å². The van der Waals surface area contributed by atoms with Crippen molar-refractivity contribution in [2.75, 3.05) is 16.5 Å². The average molecular weight is 498 g/mol. The Kier molecular flexibility index (Phi) is 6.22. The predicted octanol–water partition coefficient (Wildman–Crippen LogP) is 7.01.